The molecule has 5 heteroatoms. The molecule has 1 atom stereocenters. The van der Waals surface area contributed by atoms with Gasteiger partial charge >= 0.3 is 0 Å². The van der Waals surface area contributed by atoms with Crippen molar-refractivity contribution in [1.82, 2.24) is 4.98 Å². The minimum Gasteiger partial charge on any atom is -0.377 e. The lowest BCUT2D eigenvalue weighted by Crippen LogP contribution is -2.15. The van der Waals surface area contributed by atoms with E-state index in [1.54, 1.807) is 0 Å². The van der Waals surface area contributed by atoms with E-state index < -0.39 is 0 Å². The highest BCUT2D eigenvalue weighted by molar-refractivity contribution is 9.11. The Labute approximate surface area is 133 Å². The Morgan fingerprint density at radius 1 is 1.37 bits per heavy atom. The monoisotopic (exact) mass is 400 g/mol. The number of nitrogens with one attached hydrogen (secondary N) is 1. The van der Waals surface area contributed by atoms with Gasteiger partial charge in [0.1, 0.15) is 4.60 Å². The van der Waals surface area contributed by atoms with Crippen LogP contribution in [0, 0.1) is 6.92 Å². The summed E-state index contributed by atoms with van der Waals surface area (Å²) in [6.07, 6.45) is 5.54. The number of aromatic nitrogens is 1. The van der Waals surface area contributed by atoms with Crippen molar-refractivity contribution in [1.29, 1.82) is 0 Å². The molecule has 0 amide bonds. The third-order valence-electron chi connectivity index (χ3n) is 3.44. The number of rotatable bonds is 2. The number of thiophene rings is 1. The summed E-state index contributed by atoms with van der Waals surface area (Å²) in [6.45, 7) is 2.07. The first kappa shape index (κ1) is 13.6. The van der Waals surface area contributed by atoms with E-state index in [0.29, 0.717) is 6.04 Å². The van der Waals surface area contributed by atoms with Crippen molar-refractivity contribution in [3.8, 4) is 0 Å². The van der Waals surface area contributed by atoms with Crippen LogP contribution in [0.15, 0.2) is 26.7 Å². The first-order chi connectivity index (χ1) is 9.13. The summed E-state index contributed by atoms with van der Waals surface area (Å²) >= 11 is 8.90. The number of hydrogen-bond acceptors (Lipinski definition) is 3. The number of nitrogens with zero attached hydrogens (tertiary/aromatic N) is 1. The molecular weight excluding hydrogens is 388 g/mol. The molecule has 0 saturated carbocycles. The van der Waals surface area contributed by atoms with Crippen molar-refractivity contribution in [2.24, 2.45) is 0 Å². The molecule has 2 aromatic heterocycles. The minimum absolute atomic E-state index is 0.411. The van der Waals surface area contributed by atoms with Crippen LogP contribution in [0.5, 0.6) is 0 Å². The summed E-state index contributed by atoms with van der Waals surface area (Å²) in [5.41, 5.74) is 3.71. The van der Waals surface area contributed by atoms with Gasteiger partial charge in [0.15, 0.2) is 0 Å². The smallest absolute Gasteiger partial charge is 0.109 e. The summed E-state index contributed by atoms with van der Waals surface area (Å²) in [4.78, 5) is 5.86. The summed E-state index contributed by atoms with van der Waals surface area (Å²) in [6, 6.07) is 4.82. The van der Waals surface area contributed by atoms with Gasteiger partial charge < -0.3 is 5.32 Å². The molecule has 1 unspecified atom stereocenters. The van der Waals surface area contributed by atoms with Crippen molar-refractivity contribution < 1.29 is 0 Å². The molecule has 0 spiro atoms. The molecule has 3 rings (SSSR count). The van der Waals surface area contributed by atoms with E-state index in [0.717, 1.165) is 15.9 Å². The first-order valence-corrected chi connectivity index (χ1v) is 8.70. The van der Waals surface area contributed by atoms with Gasteiger partial charge in [-0.1, -0.05) is 0 Å². The van der Waals surface area contributed by atoms with Crippen LogP contribution in [0.1, 0.15) is 34.9 Å². The SMILES string of the molecule is Cc1cc(NC2CCCc3sc(Br)cc32)cnc1Br. The van der Waals surface area contributed by atoms with Gasteiger partial charge in [-0.2, -0.15) is 0 Å². The molecule has 0 bridgehead atoms. The number of aryl methyl sites for hydroxylation is 2. The minimum atomic E-state index is 0.411. The first-order valence-electron chi connectivity index (χ1n) is 6.30. The average molecular weight is 402 g/mol. The molecule has 1 aliphatic rings. The van der Waals surface area contributed by atoms with E-state index in [9.17, 15) is 0 Å². The third kappa shape index (κ3) is 2.88. The number of hydrogen-bond donors (Lipinski definition) is 1. The average Bonchev–Trinajstić information content (AvgIpc) is 2.75. The molecule has 2 heterocycles. The second-order valence-electron chi connectivity index (χ2n) is 4.85. The maximum absolute atomic E-state index is 4.35. The van der Waals surface area contributed by atoms with Crippen LogP contribution in [0.4, 0.5) is 5.69 Å². The van der Waals surface area contributed by atoms with Crippen LogP contribution in [-0.4, -0.2) is 4.98 Å². The predicted molar refractivity (Wildman–Crippen MR) is 88.0 cm³/mol. The van der Waals surface area contributed by atoms with Gasteiger partial charge in [-0.05, 0) is 81.3 Å². The Kier molecular flexibility index (Phi) is 3.96. The van der Waals surface area contributed by atoms with E-state index >= 15 is 0 Å². The molecular formula is C14H14Br2N2S. The predicted octanol–water partition coefficient (Wildman–Crippen LogP) is 5.47. The fourth-order valence-electron chi connectivity index (χ4n) is 2.51. The molecule has 0 fully saturated rings. The highest BCUT2D eigenvalue weighted by Gasteiger charge is 2.22. The Balaban J connectivity index is 1.86. The fourth-order valence-corrected chi connectivity index (χ4v) is 4.55. The molecule has 2 aromatic rings. The van der Waals surface area contributed by atoms with Crippen molar-refractivity contribution in [2.75, 3.05) is 5.32 Å². The quantitative estimate of drug-likeness (QED) is 0.675. The summed E-state index contributed by atoms with van der Waals surface area (Å²) in [7, 11) is 0. The Bertz CT molecular complexity index is 609. The second-order valence-corrected chi connectivity index (χ2v) is 8.12. The van der Waals surface area contributed by atoms with Gasteiger partial charge in [-0.25, -0.2) is 4.98 Å². The normalized spacial score (nSPS) is 18.2. The van der Waals surface area contributed by atoms with Crippen molar-refractivity contribution in [2.45, 2.75) is 32.2 Å². The molecule has 0 aliphatic heterocycles. The van der Waals surface area contributed by atoms with Gasteiger partial charge in [-0.3, -0.25) is 0 Å². The molecule has 0 saturated heterocycles. The molecule has 2 nitrogen and oxygen atoms in total. The lowest BCUT2D eigenvalue weighted by atomic mass is 9.94. The topological polar surface area (TPSA) is 24.9 Å². The fraction of sp³-hybridized carbons (Fsp3) is 0.357. The third-order valence-corrected chi connectivity index (χ3v) is 5.98. The number of anilines is 1. The van der Waals surface area contributed by atoms with E-state index in [1.807, 2.05) is 17.5 Å². The molecule has 1 aliphatic carbocycles. The largest absolute Gasteiger partial charge is 0.377 e. The van der Waals surface area contributed by atoms with Gasteiger partial charge in [-0.15, -0.1) is 11.3 Å². The van der Waals surface area contributed by atoms with E-state index in [2.05, 4.69) is 61.2 Å². The van der Waals surface area contributed by atoms with Crippen molar-refractivity contribution in [3.05, 3.63) is 42.7 Å². The Morgan fingerprint density at radius 2 is 2.21 bits per heavy atom. The molecule has 0 aromatic carbocycles. The van der Waals surface area contributed by atoms with Gasteiger partial charge in [0, 0.05) is 4.88 Å². The Hall–Kier alpha value is -0.390. The zero-order valence-corrected chi connectivity index (χ0v) is 14.5. The summed E-state index contributed by atoms with van der Waals surface area (Å²) < 4.78 is 2.15. The highest BCUT2D eigenvalue weighted by atomic mass is 79.9. The Morgan fingerprint density at radius 3 is 3.00 bits per heavy atom. The maximum atomic E-state index is 4.35. The van der Waals surface area contributed by atoms with E-state index in [-0.39, 0.29) is 0 Å². The molecule has 100 valence electrons. The highest BCUT2D eigenvalue weighted by Crippen LogP contribution is 2.39. The van der Waals surface area contributed by atoms with Crippen LogP contribution in [0.2, 0.25) is 0 Å². The molecule has 19 heavy (non-hydrogen) atoms. The van der Waals surface area contributed by atoms with Gasteiger partial charge in [0.2, 0.25) is 0 Å². The van der Waals surface area contributed by atoms with Crippen LogP contribution in [0.25, 0.3) is 0 Å². The van der Waals surface area contributed by atoms with E-state index in [1.165, 1.54) is 33.5 Å². The lowest BCUT2D eigenvalue weighted by molar-refractivity contribution is 0.608. The van der Waals surface area contributed by atoms with Crippen molar-refractivity contribution in [3.63, 3.8) is 0 Å². The standard InChI is InChI=1S/C14H14Br2N2S/c1-8-5-9(7-17-14(8)16)18-11-3-2-4-12-10(11)6-13(15)19-12/h5-7,11,18H,2-4H2,1H3. The number of pyridine rings is 1. The second kappa shape index (κ2) is 5.54. The van der Waals surface area contributed by atoms with Crippen LogP contribution < -0.4 is 5.32 Å². The van der Waals surface area contributed by atoms with Crippen LogP contribution >= 0.6 is 43.2 Å². The van der Waals surface area contributed by atoms with Gasteiger partial charge in [0.25, 0.3) is 0 Å². The number of fused-ring (bicyclic) bond motifs is 1. The van der Waals surface area contributed by atoms with Crippen LogP contribution in [0.3, 0.4) is 0 Å². The molecule has 1 N–H and O–H groups in total. The maximum Gasteiger partial charge on any atom is 0.109 e. The van der Waals surface area contributed by atoms with Crippen molar-refractivity contribution >= 4 is 48.9 Å². The summed E-state index contributed by atoms with van der Waals surface area (Å²) in [5.74, 6) is 0. The number of halogens is 2. The lowest BCUT2D eigenvalue weighted by Gasteiger charge is -2.24. The van der Waals surface area contributed by atoms with E-state index in [4.69, 9.17) is 0 Å². The van der Waals surface area contributed by atoms with Crippen LogP contribution in [-0.2, 0) is 6.42 Å². The zero-order chi connectivity index (χ0) is 13.4. The van der Waals surface area contributed by atoms with Gasteiger partial charge in [0.05, 0.1) is 21.7 Å². The molecule has 0 radical (unpaired) electrons. The zero-order valence-electron chi connectivity index (χ0n) is 10.5. The summed E-state index contributed by atoms with van der Waals surface area (Å²) in [5, 5.41) is 3.62.